The highest BCUT2D eigenvalue weighted by atomic mass is 16.1. The molecular formula is C14H9N3O. The molecular weight excluding hydrogens is 226 g/mol. The molecule has 18 heavy (non-hydrogen) atoms. The normalized spacial score (nSPS) is 10.4. The lowest BCUT2D eigenvalue weighted by Gasteiger charge is -2.03. The van der Waals surface area contributed by atoms with Crippen molar-refractivity contribution in [2.24, 2.45) is 0 Å². The number of fused-ring (bicyclic) bond motifs is 1. The van der Waals surface area contributed by atoms with Gasteiger partial charge in [0.2, 0.25) is 5.78 Å². The molecule has 2 heterocycles. The van der Waals surface area contributed by atoms with Crippen molar-refractivity contribution in [2.45, 2.75) is 0 Å². The van der Waals surface area contributed by atoms with Crippen LogP contribution in [0, 0.1) is 0 Å². The smallest absolute Gasteiger partial charge is 0.215 e. The Balaban J connectivity index is 2.18. The van der Waals surface area contributed by atoms with Gasteiger partial charge in [-0.15, -0.1) is 0 Å². The van der Waals surface area contributed by atoms with Crippen LogP contribution in [0.1, 0.15) is 16.1 Å². The molecule has 0 aliphatic heterocycles. The van der Waals surface area contributed by atoms with Crippen LogP contribution < -0.4 is 0 Å². The van der Waals surface area contributed by atoms with Crippen LogP contribution in [-0.2, 0) is 0 Å². The summed E-state index contributed by atoms with van der Waals surface area (Å²) in [7, 11) is 0. The fourth-order valence-corrected chi connectivity index (χ4v) is 1.85. The molecule has 3 aromatic rings. The van der Waals surface area contributed by atoms with Crippen molar-refractivity contribution >= 4 is 16.6 Å². The molecule has 0 N–H and O–H groups in total. The Kier molecular flexibility index (Phi) is 2.53. The third-order valence-electron chi connectivity index (χ3n) is 2.71. The molecule has 4 nitrogen and oxygen atoms in total. The number of benzene rings is 1. The first kappa shape index (κ1) is 10.5. The van der Waals surface area contributed by atoms with E-state index in [4.69, 9.17) is 0 Å². The first-order chi connectivity index (χ1) is 8.86. The molecule has 0 radical (unpaired) electrons. The van der Waals surface area contributed by atoms with Crippen LogP contribution in [0.3, 0.4) is 0 Å². The predicted octanol–water partition coefficient (Wildman–Crippen LogP) is 2.26. The Morgan fingerprint density at radius 1 is 0.944 bits per heavy atom. The maximum absolute atomic E-state index is 12.3. The van der Waals surface area contributed by atoms with E-state index >= 15 is 0 Å². The quantitative estimate of drug-likeness (QED) is 0.639. The summed E-state index contributed by atoms with van der Waals surface area (Å²) in [6.07, 6.45) is 7.82. The summed E-state index contributed by atoms with van der Waals surface area (Å²) in [4.78, 5) is 24.3. The van der Waals surface area contributed by atoms with Crippen LogP contribution in [0.4, 0.5) is 0 Å². The first-order valence-corrected chi connectivity index (χ1v) is 5.50. The van der Waals surface area contributed by atoms with Crippen LogP contribution in [0.15, 0.2) is 55.2 Å². The molecule has 0 fully saturated rings. The van der Waals surface area contributed by atoms with Crippen molar-refractivity contribution in [2.75, 3.05) is 0 Å². The maximum Gasteiger partial charge on any atom is 0.215 e. The topological polar surface area (TPSA) is 55.7 Å². The largest absolute Gasteiger partial charge is 0.287 e. The van der Waals surface area contributed by atoms with Gasteiger partial charge in [0.05, 0.1) is 11.8 Å². The van der Waals surface area contributed by atoms with Gasteiger partial charge in [-0.3, -0.25) is 14.8 Å². The maximum atomic E-state index is 12.3. The lowest BCUT2D eigenvalue weighted by Crippen LogP contribution is -2.05. The van der Waals surface area contributed by atoms with Gasteiger partial charge in [-0.1, -0.05) is 24.3 Å². The molecule has 0 aliphatic carbocycles. The van der Waals surface area contributed by atoms with Gasteiger partial charge in [0.1, 0.15) is 5.69 Å². The molecule has 0 atom stereocenters. The highest BCUT2D eigenvalue weighted by Crippen LogP contribution is 2.19. The first-order valence-electron chi connectivity index (χ1n) is 5.50. The highest BCUT2D eigenvalue weighted by Gasteiger charge is 2.13. The third-order valence-corrected chi connectivity index (χ3v) is 2.71. The second-order valence-corrected chi connectivity index (χ2v) is 3.83. The molecule has 0 bridgehead atoms. The van der Waals surface area contributed by atoms with E-state index in [0.717, 1.165) is 10.8 Å². The molecule has 86 valence electrons. The summed E-state index contributed by atoms with van der Waals surface area (Å²) in [6, 6.07) is 7.65. The Labute approximate surface area is 103 Å². The summed E-state index contributed by atoms with van der Waals surface area (Å²) in [5, 5.41) is 1.82. The van der Waals surface area contributed by atoms with Gasteiger partial charge >= 0.3 is 0 Å². The summed E-state index contributed by atoms with van der Waals surface area (Å²) in [6.45, 7) is 0. The molecule has 2 aromatic heterocycles. The third kappa shape index (κ3) is 1.73. The average molecular weight is 235 g/mol. The summed E-state index contributed by atoms with van der Waals surface area (Å²) >= 11 is 0. The number of nitrogens with zero attached hydrogens (tertiary/aromatic N) is 3. The number of rotatable bonds is 2. The Hall–Kier alpha value is -2.62. The molecule has 0 saturated carbocycles. The van der Waals surface area contributed by atoms with Crippen molar-refractivity contribution in [1.29, 1.82) is 0 Å². The standard InChI is InChI=1S/C14H9N3O/c18-14(13-9-15-5-6-17-13)12-8-16-7-10-3-1-2-4-11(10)12/h1-9H. The molecule has 0 saturated heterocycles. The number of pyridine rings is 1. The lowest BCUT2D eigenvalue weighted by molar-refractivity contribution is 0.103. The van der Waals surface area contributed by atoms with Crippen molar-refractivity contribution in [1.82, 2.24) is 15.0 Å². The van der Waals surface area contributed by atoms with Crippen LogP contribution in [0.2, 0.25) is 0 Å². The van der Waals surface area contributed by atoms with Crippen molar-refractivity contribution < 1.29 is 4.79 Å². The van der Waals surface area contributed by atoms with Crippen LogP contribution >= 0.6 is 0 Å². The average Bonchev–Trinajstić information content (AvgIpc) is 2.47. The number of hydrogen-bond donors (Lipinski definition) is 0. The van der Waals surface area contributed by atoms with E-state index in [0.29, 0.717) is 11.3 Å². The second kappa shape index (κ2) is 4.33. The van der Waals surface area contributed by atoms with E-state index in [-0.39, 0.29) is 5.78 Å². The number of aromatic nitrogens is 3. The Morgan fingerprint density at radius 3 is 2.67 bits per heavy atom. The van der Waals surface area contributed by atoms with Gasteiger partial charge in [0.25, 0.3) is 0 Å². The monoisotopic (exact) mass is 235 g/mol. The van der Waals surface area contributed by atoms with Gasteiger partial charge in [-0.2, -0.15) is 0 Å². The fraction of sp³-hybridized carbons (Fsp3) is 0. The molecule has 0 aliphatic rings. The van der Waals surface area contributed by atoms with Gasteiger partial charge in [-0.05, 0) is 5.39 Å². The summed E-state index contributed by atoms with van der Waals surface area (Å²) in [5.74, 6) is -0.160. The lowest BCUT2D eigenvalue weighted by atomic mass is 10.0. The summed E-state index contributed by atoms with van der Waals surface area (Å²) in [5.41, 5.74) is 0.879. The Morgan fingerprint density at radius 2 is 1.83 bits per heavy atom. The minimum absolute atomic E-state index is 0.160. The summed E-state index contributed by atoms with van der Waals surface area (Å²) < 4.78 is 0. The molecule has 0 unspecified atom stereocenters. The molecule has 1 aromatic carbocycles. The van der Waals surface area contributed by atoms with E-state index in [1.54, 1.807) is 12.4 Å². The fourth-order valence-electron chi connectivity index (χ4n) is 1.85. The molecule has 0 spiro atoms. The van der Waals surface area contributed by atoms with Gasteiger partial charge < -0.3 is 0 Å². The van der Waals surface area contributed by atoms with E-state index < -0.39 is 0 Å². The Bertz CT molecular complexity index is 705. The van der Waals surface area contributed by atoms with Crippen molar-refractivity contribution in [3.63, 3.8) is 0 Å². The molecule has 3 rings (SSSR count). The van der Waals surface area contributed by atoms with Gasteiger partial charge in [0.15, 0.2) is 0 Å². The zero-order chi connectivity index (χ0) is 12.4. The number of carbonyl (C=O) groups is 1. The molecule has 0 amide bonds. The van der Waals surface area contributed by atoms with Crippen LogP contribution in [0.25, 0.3) is 10.8 Å². The molecule has 4 heteroatoms. The minimum atomic E-state index is -0.160. The number of hydrogen-bond acceptors (Lipinski definition) is 4. The van der Waals surface area contributed by atoms with E-state index in [1.807, 2.05) is 24.3 Å². The van der Waals surface area contributed by atoms with Crippen LogP contribution in [-0.4, -0.2) is 20.7 Å². The SMILES string of the molecule is O=C(c1cnccn1)c1cncc2ccccc12. The number of carbonyl (C=O) groups excluding carboxylic acids is 1. The minimum Gasteiger partial charge on any atom is -0.287 e. The van der Waals surface area contributed by atoms with E-state index in [1.165, 1.54) is 18.6 Å². The zero-order valence-electron chi connectivity index (χ0n) is 9.45. The predicted molar refractivity (Wildman–Crippen MR) is 67.2 cm³/mol. The van der Waals surface area contributed by atoms with Crippen molar-refractivity contribution in [3.8, 4) is 0 Å². The van der Waals surface area contributed by atoms with Gasteiger partial charge in [-0.25, -0.2) is 4.98 Å². The second-order valence-electron chi connectivity index (χ2n) is 3.83. The highest BCUT2D eigenvalue weighted by molar-refractivity contribution is 6.15. The van der Waals surface area contributed by atoms with Crippen LogP contribution in [0.5, 0.6) is 0 Å². The van der Waals surface area contributed by atoms with E-state index in [2.05, 4.69) is 15.0 Å². The zero-order valence-corrected chi connectivity index (χ0v) is 9.45. The van der Waals surface area contributed by atoms with E-state index in [9.17, 15) is 4.79 Å². The van der Waals surface area contributed by atoms with Crippen molar-refractivity contribution in [3.05, 3.63) is 66.5 Å². The van der Waals surface area contributed by atoms with Gasteiger partial charge in [0, 0.05) is 30.2 Å². The number of ketones is 1.